The Labute approximate surface area is 163 Å². The lowest BCUT2D eigenvalue weighted by Crippen LogP contribution is -2.31. The number of carbonyl (C=O) groups is 1. The van der Waals surface area contributed by atoms with Crippen LogP contribution in [0.4, 0.5) is 0 Å². The van der Waals surface area contributed by atoms with Crippen molar-refractivity contribution in [2.24, 2.45) is 0 Å². The summed E-state index contributed by atoms with van der Waals surface area (Å²) in [6.07, 6.45) is 5.92. The smallest absolute Gasteiger partial charge is 0.275 e. The second-order valence-electron chi connectivity index (χ2n) is 6.56. The summed E-state index contributed by atoms with van der Waals surface area (Å²) in [7, 11) is 0. The third-order valence-electron chi connectivity index (χ3n) is 4.99. The SMILES string of the molecule is CCOc1ccc([C@@H]2CCCN2C(=O)c2nc(SC)n3ccccc23)cc1. The van der Waals surface area contributed by atoms with Crippen molar-refractivity contribution in [3.05, 3.63) is 59.9 Å². The average Bonchev–Trinajstić information content (AvgIpc) is 3.33. The molecular formula is C21H23N3O2S. The summed E-state index contributed by atoms with van der Waals surface area (Å²) in [5.74, 6) is 0.872. The number of nitrogens with zero attached hydrogens (tertiary/aromatic N) is 3. The van der Waals surface area contributed by atoms with Gasteiger partial charge in [0.2, 0.25) is 0 Å². The van der Waals surface area contributed by atoms with Crippen molar-refractivity contribution in [2.75, 3.05) is 19.4 Å². The highest BCUT2D eigenvalue weighted by Gasteiger charge is 2.33. The third-order valence-corrected chi connectivity index (χ3v) is 5.64. The van der Waals surface area contributed by atoms with Gasteiger partial charge in [0.25, 0.3) is 5.91 Å². The van der Waals surface area contributed by atoms with E-state index in [0.29, 0.717) is 12.3 Å². The predicted octanol–water partition coefficient (Wildman–Crippen LogP) is 4.43. The summed E-state index contributed by atoms with van der Waals surface area (Å²) in [5.41, 5.74) is 2.56. The van der Waals surface area contributed by atoms with Crippen molar-refractivity contribution < 1.29 is 9.53 Å². The fourth-order valence-electron chi connectivity index (χ4n) is 3.76. The second kappa shape index (κ2) is 7.64. The van der Waals surface area contributed by atoms with E-state index in [1.165, 1.54) is 0 Å². The first-order chi connectivity index (χ1) is 13.2. The summed E-state index contributed by atoms with van der Waals surface area (Å²) < 4.78 is 7.52. The van der Waals surface area contributed by atoms with E-state index in [4.69, 9.17) is 4.74 Å². The monoisotopic (exact) mass is 381 g/mol. The number of hydrogen-bond donors (Lipinski definition) is 0. The molecule has 0 unspecified atom stereocenters. The topological polar surface area (TPSA) is 46.8 Å². The van der Waals surface area contributed by atoms with Gasteiger partial charge in [0.1, 0.15) is 5.75 Å². The number of fused-ring (bicyclic) bond motifs is 1. The van der Waals surface area contributed by atoms with Gasteiger partial charge in [0, 0.05) is 12.7 Å². The maximum absolute atomic E-state index is 13.4. The molecule has 0 spiro atoms. The van der Waals surface area contributed by atoms with Crippen molar-refractivity contribution in [1.29, 1.82) is 0 Å². The first-order valence-electron chi connectivity index (χ1n) is 9.27. The lowest BCUT2D eigenvalue weighted by atomic mass is 10.0. The van der Waals surface area contributed by atoms with Gasteiger partial charge in [-0.15, -0.1) is 0 Å². The molecule has 0 saturated carbocycles. The van der Waals surface area contributed by atoms with Gasteiger partial charge in [-0.2, -0.15) is 0 Å². The first-order valence-corrected chi connectivity index (χ1v) is 10.5. The Morgan fingerprint density at radius 1 is 1.26 bits per heavy atom. The van der Waals surface area contributed by atoms with Crippen LogP contribution >= 0.6 is 11.8 Å². The largest absolute Gasteiger partial charge is 0.494 e. The van der Waals surface area contributed by atoms with Crippen LogP contribution in [0.15, 0.2) is 53.8 Å². The van der Waals surface area contributed by atoms with Crippen LogP contribution < -0.4 is 4.74 Å². The number of imidazole rings is 1. The van der Waals surface area contributed by atoms with Gasteiger partial charge in [0.05, 0.1) is 18.2 Å². The molecule has 1 saturated heterocycles. The molecule has 2 aromatic heterocycles. The molecule has 1 fully saturated rings. The van der Waals surface area contributed by atoms with E-state index < -0.39 is 0 Å². The highest BCUT2D eigenvalue weighted by atomic mass is 32.2. The van der Waals surface area contributed by atoms with Crippen LogP contribution in [0, 0.1) is 0 Å². The number of benzene rings is 1. The zero-order valence-corrected chi connectivity index (χ0v) is 16.4. The quantitative estimate of drug-likeness (QED) is 0.613. The Bertz CT molecular complexity index is 952. The Morgan fingerprint density at radius 2 is 2.07 bits per heavy atom. The molecule has 3 aromatic rings. The van der Waals surface area contributed by atoms with Crippen molar-refractivity contribution in [3.63, 3.8) is 0 Å². The lowest BCUT2D eigenvalue weighted by molar-refractivity contribution is 0.0732. The van der Waals surface area contributed by atoms with Crippen molar-refractivity contribution in [1.82, 2.24) is 14.3 Å². The molecule has 0 bridgehead atoms. The molecular weight excluding hydrogens is 358 g/mol. The van der Waals surface area contributed by atoms with Crippen LogP contribution in [0.1, 0.15) is 41.9 Å². The number of amides is 1. The van der Waals surface area contributed by atoms with E-state index in [-0.39, 0.29) is 11.9 Å². The molecule has 5 nitrogen and oxygen atoms in total. The highest BCUT2D eigenvalue weighted by Crippen LogP contribution is 2.34. The zero-order chi connectivity index (χ0) is 18.8. The Hall–Kier alpha value is -2.47. The van der Waals surface area contributed by atoms with E-state index in [1.807, 2.05) is 59.0 Å². The Kier molecular flexibility index (Phi) is 5.07. The van der Waals surface area contributed by atoms with Gasteiger partial charge in [-0.05, 0) is 55.9 Å². The minimum atomic E-state index is 0.00962. The molecule has 0 radical (unpaired) electrons. The Balaban J connectivity index is 1.65. The molecule has 4 rings (SSSR count). The number of hydrogen-bond acceptors (Lipinski definition) is 4. The Morgan fingerprint density at radius 3 is 2.81 bits per heavy atom. The van der Waals surface area contributed by atoms with E-state index in [1.54, 1.807) is 11.8 Å². The van der Waals surface area contributed by atoms with Gasteiger partial charge in [-0.3, -0.25) is 9.20 Å². The van der Waals surface area contributed by atoms with E-state index >= 15 is 0 Å². The zero-order valence-electron chi connectivity index (χ0n) is 15.6. The lowest BCUT2D eigenvalue weighted by Gasteiger charge is -2.24. The van der Waals surface area contributed by atoms with Crippen LogP contribution in [0.25, 0.3) is 5.52 Å². The molecule has 6 heteroatoms. The van der Waals surface area contributed by atoms with Crippen LogP contribution in [0.3, 0.4) is 0 Å². The van der Waals surface area contributed by atoms with Gasteiger partial charge in [-0.1, -0.05) is 30.0 Å². The van der Waals surface area contributed by atoms with Crippen LogP contribution in [-0.4, -0.2) is 39.6 Å². The predicted molar refractivity (Wildman–Crippen MR) is 108 cm³/mol. The van der Waals surface area contributed by atoms with Gasteiger partial charge in [-0.25, -0.2) is 4.98 Å². The van der Waals surface area contributed by atoms with Crippen LogP contribution in [0.2, 0.25) is 0 Å². The summed E-state index contributed by atoms with van der Waals surface area (Å²) in [5, 5.41) is 0.839. The molecule has 140 valence electrons. The van der Waals surface area contributed by atoms with Crippen LogP contribution in [-0.2, 0) is 0 Å². The fraction of sp³-hybridized carbons (Fsp3) is 0.333. The fourth-order valence-corrected chi connectivity index (χ4v) is 4.29. The minimum Gasteiger partial charge on any atom is -0.494 e. The molecule has 0 aliphatic carbocycles. The van der Waals surface area contributed by atoms with E-state index in [9.17, 15) is 4.79 Å². The molecule has 1 amide bonds. The van der Waals surface area contributed by atoms with Gasteiger partial charge in [0.15, 0.2) is 10.9 Å². The number of carbonyl (C=O) groups excluding carboxylic acids is 1. The van der Waals surface area contributed by atoms with Crippen LogP contribution in [0.5, 0.6) is 5.75 Å². The van der Waals surface area contributed by atoms with Crippen molar-refractivity contribution in [3.8, 4) is 5.75 Å². The summed E-state index contributed by atoms with van der Waals surface area (Å²) in [6.45, 7) is 3.39. The van der Waals surface area contributed by atoms with Crippen molar-refractivity contribution in [2.45, 2.75) is 31.0 Å². The number of ether oxygens (including phenoxy) is 1. The molecule has 3 heterocycles. The minimum absolute atomic E-state index is 0.00962. The summed E-state index contributed by atoms with van der Waals surface area (Å²) in [4.78, 5) is 20.0. The van der Waals surface area contributed by atoms with E-state index in [0.717, 1.165) is 41.4 Å². The standard InChI is InChI=1S/C21H23N3O2S/c1-3-26-16-11-9-15(10-12-16)17-8-6-14-23(17)20(25)19-18-7-4-5-13-24(18)21(22-19)27-2/h4-5,7,9-13,17H,3,6,8,14H2,1-2H3/t17-/m0/s1. The first kappa shape index (κ1) is 17.9. The summed E-state index contributed by atoms with van der Waals surface area (Å²) in [6, 6.07) is 14.1. The molecule has 1 atom stereocenters. The maximum Gasteiger partial charge on any atom is 0.275 e. The van der Waals surface area contributed by atoms with Crippen molar-refractivity contribution >= 4 is 23.2 Å². The number of pyridine rings is 1. The molecule has 1 aliphatic heterocycles. The number of rotatable bonds is 5. The van der Waals surface area contributed by atoms with E-state index in [2.05, 4.69) is 17.1 Å². The number of likely N-dealkylation sites (tertiary alicyclic amines) is 1. The second-order valence-corrected chi connectivity index (χ2v) is 7.34. The maximum atomic E-state index is 13.4. The molecule has 1 aliphatic rings. The van der Waals surface area contributed by atoms with Gasteiger partial charge >= 0.3 is 0 Å². The van der Waals surface area contributed by atoms with Gasteiger partial charge < -0.3 is 9.64 Å². The molecule has 0 N–H and O–H groups in total. The average molecular weight is 382 g/mol. The molecule has 27 heavy (non-hydrogen) atoms. The highest BCUT2D eigenvalue weighted by molar-refractivity contribution is 7.98. The number of aromatic nitrogens is 2. The number of thioether (sulfide) groups is 1. The normalized spacial score (nSPS) is 16.8. The third kappa shape index (κ3) is 3.30. The molecule has 1 aromatic carbocycles. The summed E-state index contributed by atoms with van der Waals surface area (Å²) >= 11 is 1.55.